The number of pyridine rings is 1. The SMILES string of the molecule is CCc1cc(Br)ccc1Nc1cccc(NC)n1. The van der Waals surface area contributed by atoms with Crippen LogP contribution in [-0.2, 0) is 6.42 Å². The molecular formula is C14H16BrN3. The molecule has 1 aromatic carbocycles. The Bertz CT molecular complexity index is 540. The summed E-state index contributed by atoms with van der Waals surface area (Å²) in [6.07, 6.45) is 0.980. The van der Waals surface area contributed by atoms with E-state index in [1.807, 2.05) is 31.3 Å². The Hall–Kier alpha value is -1.55. The van der Waals surface area contributed by atoms with Crippen LogP contribution in [0.5, 0.6) is 0 Å². The van der Waals surface area contributed by atoms with Gasteiger partial charge in [-0.2, -0.15) is 0 Å². The van der Waals surface area contributed by atoms with Crippen molar-refractivity contribution in [1.82, 2.24) is 4.98 Å². The molecule has 0 unspecified atom stereocenters. The van der Waals surface area contributed by atoms with Gasteiger partial charge >= 0.3 is 0 Å². The van der Waals surface area contributed by atoms with Crippen molar-refractivity contribution in [2.75, 3.05) is 17.7 Å². The summed E-state index contributed by atoms with van der Waals surface area (Å²) in [7, 11) is 1.86. The molecule has 0 bridgehead atoms. The Morgan fingerprint density at radius 1 is 1.17 bits per heavy atom. The van der Waals surface area contributed by atoms with Gasteiger partial charge in [0, 0.05) is 17.2 Å². The van der Waals surface area contributed by atoms with E-state index in [4.69, 9.17) is 0 Å². The molecule has 0 aliphatic heterocycles. The number of nitrogens with one attached hydrogen (secondary N) is 2. The van der Waals surface area contributed by atoms with Crippen molar-refractivity contribution in [3.05, 3.63) is 46.4 Å². The average Bonchev–Trinajstić information content (AvgIpc) is 2.41. The first-order valence-electron chi connectivity index (χ1n) is 5.93. The number of rotatable bonds is 4. The number of benzene rings is 1. The zero-order chi connectivity index (χ0) is 13.0. The second kappa shape index (κ2) is 5.87. The lowest BCUT2D eigenvalue weighted by Crippen LogP contribution is -1.99. The molecule has 2 aromatic rings. The fourth-order valence-corrected chi connectivity index (χ4v) is 2.17. The molecule has 1 aromatic heterocycles. The highest BCUT2D eigenvalue weighted by molar-refractivity contribution is 9.10. The van der Waals surface area contributed by atoms with Crippen LogP contribution in [0.15, 0.2) is 40.9 Å². The van der Waals surface area contributed by atoms with E-state index in [0.29, 0.717) is 0 Å². The lowest BCUT2D eigenvalue weighted by molar-refractivity contribution is 1.13. The van der Waals surface area contributed by atoms with Gasteiger partial charge in [-0.05, 0) is 42.3 Å². The quantitative estimate of drug-likeness (QED) is 0.889. The third kappa shape index (κ3) is 3.01. The van der Waals surface area contributed by atoms with E-state index in [2.05, 4.69) is 50.6 Å². The van der Waals surface area contributed by atoms with E-state index in [-0.39, 0.29) is 0 Å². The van der Waals surface area contributed by atoms with Crippen LogP contribution in [-0.4, -0.2) is 12.0 Å². The molecule has 0 aliphatic rings. The van der Waals surface area contributed by atoms with Gasteiger partial charge in [0.15, 0.2) is 0 Å². The van der Waals surface area contributed by atoms with Crippen LogP contribution in [0.2, 0.25) is 0 Å². The number of halogens is 1. The van der Waals surface area contributed by atoms with Crippen molar-refractivity contribution < 1.29 is 0 Å². The predicted octanol–water partition coefficient (Wildman–Crippen LogP) is 4.19. The third-order valence-electron chi connectivity index (χ3n) is 2.72. The van der Waals surface area contributed by atoms with E-state index >= 15 is 0 Å². The van der Waals surface area contributed by atoms with Gasteiger partial charge in [0.05, 0.1) is 0 Å². The smallest absolute Gasteiger partial charge is 0.132 e. The van der Waals surface area contributed by atoms with Crippen LogP contribution in [0.4, 0.5) is 17.3 Å². The molecule has 0 fully saturated rings. The van der Waals surface area contributed by atoms with Crippen LogP contribution in [0.1, 0.15) is 12.5 Å². The average molecular weight is 306 g/mol. The van der Waals surface area contributed by atoms with Gasteiger partial charge in [-0.15, -0.1) is 0 Å². The number of nitrogens with zero attached hydrogens (tertiary/aromatic N) is 1. The topological polar surface area (TPSA) is 37.0 Å². The third-order valence-corrected chi connectivity index (χ3v) is 3.21. The monoisotopic (exact) mass is 305 g/mol. The Kier molecular flexibility index (Phi) is 4.20. The molecule has 0 aliphatic carbocycles. The zero-order valence-electron chi connectivity index (χ0n) is 10.5. The molecular weight excluding hydrogens is 290 g/mol. The molecule has 94 valence electrons. The highest BCUT2D eigenvalue weighted by atomic mass is 79.9. The Labute approximate surface area is 116 Å². The first-order valence-corrected chi connectivity index (χ1v) is 6.72. The van der Waals surface area contributed by atoms with Crippen molar-refractivity contribution in [1.29, 1.82) is 0 Å². The van der Waals surface area contributed by atoms with Crippen molar-refractivity contribution in [3.63, 3.8) is 0 Å². The van der Waals surface area contributed by atoms with Gasteiger partial charge in [-0.1, -0.05) is 28.9 Å². The summed E-state index contributed by atoms with van der Waals surface area (Å²) in [6.45, 7) is 2.14. The van der Waals surface area contributed by atoms with Gasteiger partial charge in [-0.3, -0.25) is 0 Å². The molecule has 2 N–H and O–H groups in total. The van der Waals surface area contributed by atoms with Gasteiger partial charge < -0.3 is 10.6 Å². The molecule has 2 rings (SSSR count). The normalized spacial score (nSPS) is 10.2. The molecule has 3 nitrogen and oxygen atoms in total. The molecule has 4 heteroatoms. The molecule has 0 atom stereocenters. The number of hydrogen-bond acceptors (Lipinski definition) is 3. The summed E-state index contributed by atoms with van der Waals surface area (Å²) in [5.74, 6) is 1.70. The maximum atomic E-state index is 4.45. The van der Waals surface area contributed by atoms with Crippen LogP contribution in [0, 0.1) is 0 Å². The summed E-state index contributed by atoms with van der Waals surface area (Å²) in [4.78, 5) is 4.45. The van der Waals surface area contributed by atoms with E-state index < -0.39 is 0 Å². The summed E-state index contributed by atoms with van der Waals surface area (Å²) in [6, 6.07) is 12.1. The molecule has 0 saturated carbocycles. The maximum absolute atomic E-state index is 4.45. The molecule has 1 heterocycles. The molecule has 0 saturated heterocycles. The van der Waals surface area contributed by atoms with Crippen molar-refractivity contribution in [3.8, 4) is 0 Å². The van der Waals surface area contributed by atoms with Crippen LogP contribution in [0.3, 0.4) is 0 Å². The lowest BCUT2D eigenvalue weighted by Gasteiger charge is -2.11. The molecule has 0 spiro atoms. The van der Waals surface area contributed by atoms with E-state index in [0.717, 1.165) is 28.2 Å². The Morgan fingerprint density at radius 3 is 2.67 bits per heavy atom. The fraction of sp³-hybridized carbons (Fsp3) is 0.214. The number of anilines is 3. The summed E-state index contributed by atoms with van der Waals surface area (Å²) in [5, 5.41) is 6.39. The second-order valence-electron chi connectivity index (χ2n) is 3.94. The first-order chi connectivity index (χ1) is 8.72. The van der Waals surface area contributed by atoms with Gasteiger partial charge in [0.2, 0.25) is 0 Å². The summed E-state index contributed by atoms with van der Waals surface area (Å²) >= 11 is 3.49. The predicted molar refractivity (Wildman–Crippen MR) is 80.6 cm³/mol. The Balaban J connectivity index is 2.27. The lowest BCUT2D eigenvalue weighted by atomic mass is 10.1. The van der Waals surface area contributed by atoms with E-state index in [1.165, 1.54) is 5.56 Å². The minimum atomic E-state index is 0.846. The minimum Gasteiger partial charge on any atom is -0.373 e. The van der Waals surface area contributed by atoms with Crippen molar-refractivity contribution in [2.24, 2.45) is 0 Å². The molecule has 0 radical (unpaired) electrons. The summed E-state index contributed by atoms with van der Waals surface area (Å²) in [5.41, 5.74) is 2.36. The standard InChI is InChI=1S/C14H16BrN3/c1-3-10-9-11(15)7-8-12(10)17-14-6-4-5-13(16-2)18-14/h4-9H,3H2,1-2H3,(H2,16,17,18). The fourth-order valence-electron chi connectivity index (χ4n) is 1.76. The van der Waals surface area contributed by atoms with Crippen LogP contribution in [0.25, 0.3) is 0 Å². The highest BCUT2D eigenvalue weighted by Crippen LogP contribution is 2.24. The highest BCUT2D eigenvalue weighted by Gasteiger charge is 2.03. The van der Waals surface area contributed by atoms with E-state index in [1.54, 1.807) is 0 Å². The number of aryl methyl sites for hydroxylation is 1. The van der Waals surface area contributed by atoms with Crippen molar-refractivity contribution >= 4 is 33.3 Å². The minimum absolute atomic E-state index is 0.846. The number of hydrogen-bond donors (Lipinski definition) is 2. The number of aromatic nitrogens is 1. The molecule has 18 heavy (non-hydrogen) atoms. The molecule has 0 amide bonds. The maximum Gasteiger partial charge on any atom is 0.132 e. The Morgan fingerprint density at radius 2 is 1.94 bits per heavy atom. The first kappa shape index (κ1) is 12.9. The summed E-state index contributed by atoms with van der Waals surface area (Å²) < 4.78 is 1.10. The van der Waals surface area contributed by atoms with Gasteiger partial charge in [0.1, 0.15) is 11.6 Å². The van der Waals surface area contributed by atoms with Gasteiger partial charge in [-0.25, -0.2) is 4.98 Å². The van der Waals surface area contributed by atoms with Crippen LogP contribution >= 0.6 is 15.9 Å². The van der Waals surface area contributed by atoms with Gasteiger partial charge in [0.25, 0.3) is 0 Å². The zero-order valence-corrected chi connectivity index (χ0v) is 12.1. The van der Waals surface area contributed by atoms with Crippen LogP contribution < -0.4 is 10.6 Å². The second-order valence-corrected chi connectivity index (χ2v) is 4.85. The van der Waals surface area contributed by atoms with Crippen molar-refractivity contribution in [2.45, 2.75) is 13.3 Å². The largest absolute Gasteiger partial charge is 0.373 e. The van der Waals surface area contributed by atoms with E-state index in [9.17, 15) is 0 Å².